The van der Waals surface area contributed by atoms with Gasteiger partial charge in [0, 0.05) is 12.5 Å². The van der Waals surface area contributed by atoms with Crippen molar-refractivity contribution < 1.29 is 14.3 Å². The van der Waals surface area contributed by atoms with E-state index in [4.69, 9.17) is 15.2 Å². The van der Waals surface area contributed by atoms with Gasteiger partial charge in [0.2, 0.25) is 0 Å². The lowest BCUT2D eigenvalue weighted by atomic mass is 9.76. The number of hydrogen-bond donors (Lipinski definition) is 1. The van der Waals surface area contributed by atoms with Gasteiger partial charge in [-0.05, 0) is 37.5 Å². The summed E-state index contributed by atoms with van der Waals surface area (Å²) in [6.07, 6.45) is 13.3. The Hall–Kier alpha value is -0.320. The highest BCUT2D eigenvalue weighted by molar-refractivity contribution is 5.85. The van der Waals surface area contributed by atoms with Crippen molar-refractivity contribution in [3.8, 4) is 0 Å². The molecule has 146 valence electrons. The fourth-order valence-electron chi connectivity index (χ4n) is 5.21. The van der Waals surface area contributed by atoms with E-state index < -0.39 is 6.04 Å². The summed E-state index contributed by atoms with van der Waals surface area (Å²) in [6, 6.07) is -0.634. The fraction of sp³-hybridized carbons (Fsp3) is 0.950. The molecule has 0 bridgehead atoms. The largest absolute Gasteiger partial charge is 0.461 e. The number of esters is 1. The molecule has 25 heavy (non-hydrogen) atoms. The Labute approximate surface area is 159 Å². The van der Waals surface area contributed by atoms with Crippen molar-refractivity contribution in [1.29, 1.82) is 0 Å². The van der Waals surface area contributed by atoms with Crippen LogP contribution < -0.4 is 5.73 Å². The Morgan fingerprint density at radius 1 is 0.960 bits per heavy atom. The van der Waals surface area contributed by atoms with Crippen LogP contribution in [-0.4, -0.2) is 31.3 Å². The minimum atomic E-state index is -0.634. The summed E-state index contributed by atoms with van der Waals surface area (Å²) >= 11 is 0. The molecule has 3 rings (SSSR count). The van der Waals surface area contributed by atoms with E-state index in [0.717, 1.165) is 18.4 Å². The molecule has 1 saturated heterocycles. The zero-order chi connectivity index (χ0) is 16.9. The van der Waals surface area contributed by atoms with Crippen molar-refractivity contribution >= 4 is 18.4 Å². The van der Waals surface area contributed by atoms with Crippen molar-refractivity contribution in [2.45, 2.75) is 83.3 Å². The first-order valence-corrected chi connectivity index (χ1v) is 10.2. The van der Waals surface area contributed by atoms with Crippen molar-refractivity contribution in [3.05, 3.63) is 0 Å². The molecular formula is C20H36ClNO3. The van der Waals surface area contributed by atoms with Gasteiger partial charge in [0.1, 0.15) is 12.1 Å². The third-order valence-corrected chi connectivity index (χ3v) is 6.63. The van der Waals surface area contributed by atoms with Gasteiger partial charge in [-0.25, -0.2) is 0 Å². The van der Waals surface area contributed by atoms with E-state index in [2.05, 4.69) is 6.92 Å². The lowest BCUT2D eigenvalue weighted by Crippen LogP contribution is -2.39. The molecule has 0 aromatic heterocycles. The summed E-state index contributed by atoms with van der Waals surface area (Å²) in [4.78, 5) is 12.1. The standard InChI is InChI=1S/C20H35NO3.ClH/c1-14-18(11-16-8-4-5-9-16)17(10-15-6-2-3-7-15)12-23-13-19(21)20(22)24-14;/h14-19H,2-13,21H2,1H3;1H/t14-,17-,18-,19-;/m0./s1. The monoisotopic (exact) mass is 373 g/mol. The number of rotatable bonds is 4. The van der Waals surface area contributed by atoms with Crippen LogP contribution in [0.1, 0.15) is 71.1 Å². The number of hydrogen-bond acceptors (Lipinski definition) is 4. The molecule has 0 aromatic rings. The second-order valence-corrected chi connectivity index (χ2v) is 8.48. The van der Waals surface area contributed by atoms with Crippen molar-refractivity contribution in [1.82, 2.24) is 0 Å². The van der Waals surface area contributed by atoms with E-state index in [1.807, 2.05) is 0 Å². The minimum absolute atomic E-state index is 0. The maximum atomic E-state index is 12.1. The first-order chi connectivity index (χ1) is 11.6. The first kappa shape index (κ1) is 21.0. The summed E-state index contributed by atoms with van der Waals surface area (Å²) in [5.74, 6) is 2.27. The quantitative estimate of drug-likeness (QED) is 0.754. The van der Waals surface area contributed by atoms with Gasteiger partial charge in [-0.1, -0.05) is 51.4 Å². The Morgan fingerprint density at radius 2 is 1.52 bits per heavy atom. The molecule has 2 saturated carbocycles. The second kappa shape index (κ2) is 10.1. The molecule has 0 amide bonds. The average Bonchev–Trinajstić information content (AvgIpc) is 3.24. The van der Waals surface area contributed by atoms with E-state index in [0.29, 0.717) is 18.4 Å². The van der Waals surface area contributed by atoms with Crippen LogP contribution in [0, 0.1) is 23.7 Å². The molecular weight excluding hydrogens is 338 g/mol. The van der Waals surface area contributed by atoms with Crippen molar-refractivity contribution in [2.75, 3.05) is 13.2 Å². The van der Waals surface area contributed by atoms with Crippen LogP contribution in [0.2, 0.25) is 0 Å². The molecule has 1 aliphatic heterocycles. The van der Waals surface area contributed by atoms with Crippen LogP contribution >= 0.6 is 12.4 Å². The maximum Gasteiger partial charge on any atom is 0.325 e. The lowest BCUT2D eigenvalue weighted by Gasteiger charge is -2.34. The van der Waals surface area contributed by atoms with Gasteiger partial charge in [-0.15, -0.1) is 12.4 Å². The van der Waals surface area contributed by atoms with Gasteiger partial charge in [0.25, 0.3) is 0 Å². The lowest BCUT2D eigenvalue weighted by molar-refractivity contribution is -0.153. The van der Waals surface area contributed by atoms with Gasteiger partial charge >= 0.3 is 5.97 Å². The number of nitrogens with two attached hydrogens (primary N) is 1. The van der Waals surface area contributed by atoms with Crippen LogP contribution in [0.25, 0.3) is 0 Å². The first-order valence-electron chi connectivity index (χ1n) is 10.2. The average molecular weight is 374 g/mol. The predicted molar refractivity (Wildman–Crippen MR) is 102 cm³/mol. The van der Waals surface area contributed by atoms with Gasteiger partial charge in [0.15, 0.2) is 0 Å². The second-order valence-electron chi connectivity index (χ2n) is 8.48. The normalized spacial score (nSPS) is 35.5. The summed E-state index contributed by atoms with van der Waals surface area (Å²) in [7, 11) is 0. The number of carbonyl (C=O) groups excluding carboxylic acids is 1. The zero-order valence-corrected chi connectivity index (χ0v) is 16.5. The maximum absolute atomic E-state index is 12.1. The predicted octanol–water partition coefficient (Wildman–Crippen LogP) is 4.09. The molecule has 0 spiro atoms. The smallest absolute Gasteiger partial charge is 0.325 e. The van der Waals surface area contributed by atoms with Gasteiger partial charge in [0.05, 0.1) is 6.61 Å². The Morgan fingerprint density at radius 3 is 2.12 bits per heavy atom. The molecule has 3 fully saturated rings. The Bertz CT molecular complexity index is 408. The molecule has 4 atom stereocenters. The van der Waals surface area contributed by atoms with Crippen molar-refractivity contribution in [3.63, 3.8) is 0 Å². The molecule has 0 unspecified atom stereocenters. The summed E-state index contributed by atoms with van der Waals surface area (Å²) in [5, 5.41) is 0. The van der Waals surface area contributed by atoms with Crippen LogP contribution in [0.4, 0.5) is 0 Å². The van der Waals surface area contributed by atoms with Crippen LogP contribution in [-0.2, 0) is 14.3 Å². The molecule has 2 N–H and O–H groups in total. The van der Waals surface area contributed by atoms with E-state index in [1.165, 1.54) is 64.2 Å². The van der Waals surface area contributed by atoms with E-state index in [1.54, 1.807) is 0 Å². The van der Waals surface area contributed by atoms with Crippen LogP contribution in [0.3, 0.4) is 0 Å². The topological polar surface area (TPSA) is 61.5 Å². The molecule has 3 aliphatic rings. The molecule has 1 heterocycles. The van der Waals surface area contributed by atoms with E-state index in [9.17, 15) is 4.79 Å². The van der Waals surface area contributed by atoms with Gasteiger partial charge in [-0.3, -0.25) is 4.79 Å². The Balaban J connectivity index is 0.00000225. The third kappa shape index (κ3) is 5.83. The number of cyclic esters (lactones) is 1. The minimum Gasteiger partial charge on any atom is -0.461 e. The Kier molecular flexibility index (Phi) is 8.50. The number of halogens is 1. The molecule has 2 aliphatic carbocycles. The number of carbonyl (C=O) groups is 1. The van der Waals surface area contributed by atoms with Crippen molar-refractivity contribution in [2.24, 2.45) is 29.4 Å². The van der Waals surface area contributed by atoms with E-state index >= 15 is 0 Å². The summed E-state index contributed by atoms with van der Waals surface area (Å²) in [5.41, 5.74) is 5.90. The molecule has 0 aromatic carbocycles. The van der Waals surface area contributed by atoms with Gasteiger partial charge < -0.3 is 15.2 Å². The van der Waals surface area contributed by atoms with Crippen LogP contribution in [0.5, 0.6) is 0 Å². The molecule has 4 nitrogen and oxygen atoms in total. The summed E-state index contributed by atoms with van der Waals surface area (Å²) in [6.45, 7) is 3.11. The summed E-state index contributed by atoms with van der Waals surface area (Å²) < 4.78 is 11.6. The van der Waals surface area contributed by atoms with Crippen LogP contribution in [0.15, 0.2) is 0 Å². The molecule has 0 radical (unpaired) electrons. The van der Waals surface area contributed by atoms with Gasteiger partial charge in [-0.2, -0.15) is 0 Å². The highest BCUT2D eigenvalue weighted by Gasteiger charge is 2.36. The highest BCUT2D eigenvalue weighted by Crippen LogP contribution is 2.40. The highest BCUT2D eigenvalue weighted by atomic mass is 35.5. The number of ether oxygens (including phenoxy) is 2. The zero-order valence-electron chi connectivity index (χ0n) is 15.7. The molecule has 5 heteroatoms. The van der Waals surface area contributed by atoms with E-state index in [-0.39, 0.29) is 24.5 Å². The fourth-order valence-corrected chi connectivity index (χ4v) is 5.21. The third-order valence-electron chi connectivity index (χ3n) is 6.63. The SMILES string of the molecule is C[C@@H]1OC(=O)[C@@H](N)COC[C@H](CC2CCCC2)[C@H]1CC1CCCC1.Cl.